The molecule has 2 unspecified atom stereocenters. The number of pyridine rings is 1. The Morgan fingerprint density at radius 2 is 2.04 bits per heavy atom. The average Bonchev–Trinajstić information content (AvgIpc) is 3.05. The molecule has 0 saturated carbocycles. The molecule has 0 amide bonds. The average molecular weight is 358 g/mol. The van der Waals surface area contributed by atoms with Crippen molar-refractivity contribution in [3.05, 3.63) is 53.1 Å². The van der Waals surface area contributed by atoms with Gasteiger partial charge in [-0.05, 0) is 63.9 Å². The van der Waals surface area contributed by atoms with E-state index in [0.29, 0.717) is 0 Å². The van der Waals surface area contributed by atoms with Gasteiger partial charge in [0.2, 0.25) is 0 Å². The summed E-state index contributed by atoms with van der Waals surface area (Å²) >= 11 is 5.69. The van der Waals surface area contributed by atoms with Crippen LogP contribution >= 0.6 is 12.2 Å². The summed E-state index contributed by atoms with van der Waals surface area (Å²) in [5.74, 6) is 0. The van der Waals surface area contributed by atoms with Crippen LogP contribution in [0, 0.1) is 13.8 Å². The van der Waals surface area contributed by atoms with Crippen molar-refractivity contribution in [3.8, 4) is 0 Å². The third-order valence-electron chi connectivity index (χ3n) is 5.12. The summed E-state index contributed by atoms with van der Waals surface area (Å²) in [5, 5.41) is 4.32. The van der Waals surface area contributed by atoms with Gasteiger partial charge in [0, 0.05) is 37.7 Å². The smallest absolute Gasteiger partial charge is 0.170 e. The molecule has 0 aromatic carbocycles. The van der Waals surface area contributed by atoms with E-state index in [1.165, 1.54) is 17.0 Å². The van der Waals surface area contributed by atoms with Gasteiger partial charge in [-0.25, -0.2) is 0 Å². The Bertz CT molecular complexity index is 753. The molecule has 1 aliphatic rings. The molecule has 0 spiro atoms. The van der Waals surface area contributed by atoms with E-state index in [2.05, 4.69) is 71.8 Å². The molecule has 0 radical (unpaired) electrons. The van der Waals surface area contributed by atoms with E-state index >= 15 is 0 Å². The Kier molecular flexibility index (Phi) is 5.11. The number of thiocarbonyl (C=S) groups is 1. The summed E-state index contributed by atoms with van der Waals surface area (Å²) in [5.41, 5.74) is 4.90. The highest BCUT2D eigenvalue weighted by atomic mass is 32.1. The molecule has 25 heavy (non-hydrogen) atoms. The predicted molar refractivity (Wildman–Crippen MR) is 106 cm³/mol. The van der Waals surface area contributed by atoms with E-state index in [1.807, 2.05) is 18.3 Å². The lowest BCUT2D eigenvalue weighted by Crippen LogP contribution is -2.35. The molecule has 1 fully saturated rings. The Hall–Kier alpha value is -1.92. The fourth-order valence-corrected chi connectivity index (χ4v) is 3.81. The van der Waals surface area contributed by atoms with Crippen LogP contribution in [0.1, 0.15) is 34.7 Å². The Labute approximate surface area is 155 Å². The van der Waals surface area contributed by atoms with E-state index in [-0.39, 0.29) is 12.1 Å². The van der Waals surface area contributed by atoms with Crippen LogP contribution in [0.3, 0.4) is 0 Å². The van der Waals surface area contributed by atoms with Crippen molar-refractivity contribution in [2.75, 3.05) is 27.2 Å². The van der Waals surface area contributed by atoms with Crippen molar-refractivity contribution in [1.82, 2.24) is 24.7 Å². The van der Waals surface area contributed by atoms with Crippen molar-refractivity contribution in [3.63, 3.8) is 0 Å². The zero-order valence-electron chi connectivity index (χ0n) is 15.7. The summed E-state index contributed by atoms with van der Waals surface area (Å²) in [7, 11) is 6.31. The monoisotopic (exact) mass is 357 g/mol. The first kappa shape index (κ1) is 17.9. The highest BCUT2D eigenvalue weighted by molar-refractivity contribution is 7.80. The standard InChI is InChI=1S/C19H27N5S/c1-13-12-15(14(2)23(13)5)18-17(16-8-6-7-9-20-16)21-19(25)24(18)11-10-22(3)4/h6-9,12,17-18H,10-11H2,1-5H3,(H,21,25). The quantitative estimate of drug-likeness (QED) is 0.833. The molecule has 2 aromatic rings. The number of aromatic nitrogens is 2. The maximum Gasteiger partial charge on any atom is 0.170 e. The van der Waals surface area contributed by atoms with Crippen LogP contribution in [-0.4, -0.2) is 51.6 Å². The van der Waals surface area contributed by atoms with Gasteiger partial charge in [0.1, 0.15) is 0 Å². The van der Waals surface area contributed by atoms with Crippen LogP contribution in [-0.2, 0) is 7.05 Å². The molecule has 1 aliphatic heterocycles. The lowest BCUT2D eigenvalue weighted by atomic mass is 9.97. The Morgan fingerprint density at radius 1 is 1.28 bits per heavy atom. The van der Waals surface area contributed by atoms with E-state index < -0.39 is 0 Å². The zero-order valence-corrected chi connectivity index (χ0v) is 16.5. The molecule has 0 bridgehead atoms. The van der Waals surface area contributed by atoms with Crippen LogP contribution in [0.4, 0.5) is 0 Å². The second-order valence-corrected chi connectivity index (χ2v) is 7.40. The maximum absolute atomic E-state index is 5.69. The third kappa shape index (κ3) is 3.41. The number of hydrogen-bond acceptors (Lipinski definition) is 3. The largest absolute Gasteiger partial charge is 0.352 e. The number of likely N-dealkylation sites (N-methyl/N-ethyl adjacent to an activating group) is 1. The molecule has 6 heteroatoms. The zero-order chi connectivity index (χ0) is 18.1. The van der Waals surface area contributed by atoms with E-state index in [4.69, 9.17) is 12.2 Å². The lowest BCUT2D eigenvalue weighted by Gasteiger charge is -2.29. The minimum Gasteiger partial charge on any atom is -0.352 e. The van der Waals surface area contributed by atoms with Crippen molar-refractivity contribution in [2.45, 2.75) is 25.9 Å². The highest BCUT2D eigenvalue weighted by Crippen LogP contribution is 2.40. The second kappa shape index (κ2) is 7.14. The minimum atomic E-state index is 0.0661. The van der Waals surface area contributed by atoms with Crippen LogP contribution < -0.4 is 5.32 Å². The van der Waals surface area contributed by atoms with E-state index in [0.717, 1.165) is 23.9 Å². The molecule has 3 heterocycles. The van der Waals surface area contributed by atoms with Crippen molar-refractivity contribution in [2.24, 2.45) is 7.05 Å². The van der Waals surface area contributed by atoms with Crippen LogP contribution in [0.5, 0.6) is 0 Å². The molecular formula is C19H27N5S. The molecular weight excluding hydrogens is 330 g/mol. The van der Waals surface area contributed by atoms with Gasteiger partial charge in [-0.15, -0.1) is 0 Å². The Balaban J connectivity index is 2.03. The molecule has 2 aromatic heterocycles. The molecule has 5 nitrogen and oxygen atoms in total. The van der Waals surface area contributed by atoms with Gasteiger partial charge in [-0.2, -0.15) is 0 Å². The third-order valence-corrected chi connectivity index (χ3v) is 5.47. The van der Waals surface area contributed by atoms with Gasteiger partial charge in [0.15, 0.2) is 5.11 Å². The summed E-state index contributed by atoms with van der Waals surface area (Å²) in [6.45, 7) is 6.18. The van der Waals surface area contributed by atoms with Gasteiger partial charge in [-0.3, -0.25) is 4.98 Å². The molecule has 2 atom stereocenters. The number of nitrogens with zero attached hydrogens (tertiary/aromatic N) is 4. The summed E-state index contributed by atoms with van der Waals surface area (Å²) < 4.78 is 2.25. The second-order valence-electron chi connectivity index (χ2n) is 7.01. The van der Waals surface area contributed by atoms with E-state index in [1.54, 1.807) is 0 Å². The maximum atomic E-state index is 5.69. The van der Waals surface area contributed by atoms with Crippen molar-refractivity contribution < 1.29 is 0 Å². The van der Waals surface area contributed by atoms with Crippen LogP contribution in [0.15, 0.2) is 30.5 Å². The summed E-state index contributed by atoms with van der Waals surface area (Å²) in [6, 6.07) is 8.57. The molecule has 0 aliphatic carbocycles. The topological polar surface area (TPSA) is 36.3 Å². The number of hydrogen-bond donors (Lipinski definition) is 1. The fraction of sp³-hybridized carbons (Fsp3) is 0.474. The lowest BCUT2D eigenvalue weighted by molar-refractivity contribution is 0.277. The first-order valence-corrected chi connectivity index (χ1v) is 9.06. The number of aryl methyl sites for hydroxylation is 1. The Morgan fingerprint density at radius 3 is 2.60 bits per heavy atom. The number of rotatable bonds is 5. The van der Waals surface area contributed by atoms with Crippen molar-refractivity contribution >= 4 is 17.3 Å². The first-order valence-electron chi connectivity index (χ1n) is 8.65. The van der Waals surface area contributed by atoms with E-state index in [9.17, 15) is 0 Å². The molecule has 134 valence electrons. The predicted octanol–water partition coefficient (Wildman–Crippen LogP) is 2.57. The summed E-state index contributed by atoms with van der Waals surface area (Å²) in [6.07, 6.45) is 1.85. The fourth-order valence-electron chi connectivity index (χ4n) is 3.48. The molecule has 3 rings (SSSR count). The van der Waals surface area contributed by atoms with Gasteiger partial charge in [0.05, 0.1) is 17.8 Å². The van der Waals surface area contributed by atoms with Crippen LogP contribution in [0.25, 0.3) is 0 Å². The van der Waals surface area contributed by atoms with Gasteiger partial charge in [-0.1, -0.05) is 6.07 Å². The van der Waals surface area contributed by atoms with Gasteiger partial charge >= 0.3 is 0 Å². The normalized spacial score (nSPS) is 20.4. The summed E-state index contributed by atoms with van der Waals surface area (Å²) in [4.78, 5) is 9.10. The molecule has 1 saturated heterocycles. The first-order chi connectivity index (χ1) is 11.9. The van der Waals surface area contributed by atoms with Crippen molar-refractivity contribution in [1.29, 1.82) is 0 Å². The van der Waals surface area contributed by atoms with Gasteiger partial charge < -0.3 is 19.7 Å². The molecule has 1 N–H and O–H groups in total. The van der Waals surface area contributed by atoms with Gasteiger partial charge in [0.25, 0.3) is 0 Å². The highest BCUT2D eigenvalue weighted by Gasteiger charge is 2.40. The number of nitrogens with one attached hydrogen (secondary N) is 1. The van der Waals surface area contributed by atoms with Crippen LogP contribution in [0.2, 0.25) is 0 Å². The minimum absolute atomic E-state index is 0.0661. The SMILES string of the molecule is Cc1cc(C2C(c3ccccn3)NC(=S)N2CCN(C)C)c(C)n1C.